The normalized spacial score (nSPS) is 22.7. The van der Waals surface area contributed by atoms with Crippen molar-refractivity contribution >= 4 is 29.7 Å². The van der Waals surface area contributed by atoms with E-state index in [9.17, 15) is 18.8 Å². The average molecular weight is 510 g/mol. The van der Waals surface area contributed by atoms with Gasteiger partial charge < -0.3 is 26.6 Å². The van der Waals surface area contributed by atoms with Crippen LogP contribution in [0, 0.1) is 5.82 Å². The highest BCUT2D eigenvalue weighted by Crippen LogP contribution is 2.31. The number of carbonyl (C=O) groups excluding carboxylic acids is 3. The molecule has 1 fully saturated rings. The maximum atomic E-state index is 13.2. The zero-order valence-electron chi connectivity index (χ0n) is 20.9. The van der Waals surface area contributed by atoms with E-state index in [1.165, 1.54) is 30.6 Å². The second kappa shape index (κ2) is 11.1. The number of nitrogens with zero attached hydrogens (tertiary/aromatic N) is 3. The maximum Gasteiger partial charge on any atom is 0.255 e. The molecular formula is C26H32FN7O3. The van der Waals surface area contributed by atoms with Crippen molar-refractivity contribution in [3.05, 3.63) is 65.5 Å². The molecule has 2 aromatic carbocycles. The summed E-state index contributed by atoms with van der Waals surface area (Å²) in [6.45, 7) is 6.26. The standard InChI is InChI=1S/C26H32FN7O3/c1-17(34-13-11-33(2)12-14-34)15-29-24(36)22-26(25(28)37,31-16-30-22)19-5-9-21(10-6-19)32-23(35)18-3-7-20(27)8-4-18/h3-10,16-17,22H,11-15H2,1-2H3,(H2,28,37)(H,29,36)(H,30,31)(H,32,35). The summed E-state index contributed by atoms with van der Waals surface area (Å²) in [4.78, 5) is 47.2. The molecule has 0 aromatic heterocycles. The Balaban J connectivity index is 1.44. The smallest absolute Gasteiger partial charge is 0.255 e. The highest BCUT2D eigenvalue weighted by atomic mass is 19.1. The summed E-state index contributed by atoms with van der Waals surface area (Å²) >= 11 is 0. The van der Waals surface area contributed by atoms with Crippen LogP contribution in [0.1, 0.15) is 22.8 Å². The molecule has 2 aliphatic heterocycles. The molecule has 2 aliphatic rings. The molecule has 3 unspecified atom stereocenters. The Morgan fingerprint density at radius 2 is 1.76 bits per heavy atom. The van der Waals surface area contributed by atoms with Crippen LogP contribution in [0.15, 0.2) is 53.5 Å². The van der Waals surface area contributed by atoms with Gasteiger partial charge in [0, 0.05) is 50.0 Å². The predicted octanol–water partition coefficient (Wildman–Crippen LogP) is 0.511. The second-order valence-corrected chi connectivity index (χ2v) is 9.47. The lowest BCUT2D eigenvalue weighted by atomic mass is 9.82. The summed E-state index contributed by atoms with van der Waals surface area (Å²) in [6, 6.07) is 10.6. The van der Waals surface area contributed by atoms with Gasteiger partial charge in [-0.2, -0.15) is 0 Å². The summed E-state index contributed by atoms with van der Waals surface area (Å²) in [5.41, 5.74) is 5.43. The molecular weight excluding hydrogens is 477 g/mol. The van der Waals surface area contributed by atoms with Gasteiger partial charge in [0.05, 0.1) is 6.34 Å². The predicted molar refractivity (Wildman–Crippen MR) is 139 cm³/mol. The number of halogens is 1. The Morgan fingerprint density at radius 3 is 2.38 bits per heavy atom. The van der Waals surface area contributed by atoms with Gasteiger partial charge in [0.25, 0.3) is 11.8 Å². The fourth-order valence-corrected chi connectivity index (χ4v) is 4.62. The van der Waals surface area contributed by atoms with Crippen LogP contribution >= 0.6 is 0 Å². The molecule has 4 rings (SSSR count). The van der Waals surface area contributed by atoms with E-state index in [1.54, 1.807) is 24.3 Å². The third kappa shape index (κ3) is 5.62. The molecule has 3 amide bonds. The summed E-state index contributed by atoms with van der Waals surface area (Å²) in [5, 5.41) is 8.55. The van der Waals surface area contributed by atoms with Crippen LogP contribution in [-0.2, 0) is 15.1 Å². The van der Waals surface area contributed by atoms with Crippen LogP contribution in [0.5, 0.6) is 0 Å². The van der Waals surface area contributed by atoms with E-state index in [-0.39, 0.29) is 6.04 Å². The van der Waals surface area contributed by atoms with Gasteiger partial charge in [0.2, 0.25) is 5.91 Å². The summed E-state index contributed by atoms with van der Waals surface area (Å²) in [7, 11) is 2.09. The Labute approximate surface area is 215 Å². The molecule has 11 heteroatoms. The van der Waals surface area contributed by atoms with Gasteiger partial charge in [0.1, 0.15) is 5.82 Å². The van der Waals surface area contributed by atoms with Crippen molar-refractivity contribution < 1.29 is 18.8 Å². The molecule has 0 radical (unpaired) electrons. The van der Waals surface area contributed by atoms with E-state index in [0.29, 0.717) is 23.4 Å². The Hall–Kier alpha value is -3.83. The minimum absolute atomic E-state index is 0.128. The average Bonchev–Trinajstić information content (AvgIpc) is 3.35. The van der Waals surface area contributed by atoms with Crippen molar-refractivity contribution in [2.75, 3.05) is 45.1 Å². The molecule has 1 saturated heterocycles. The van der Waals surface area contributed by atoms with Crippen LogP contribution in [0.3, 0.4) is 0 Å². The maximum absolute atomic E-state index is 13.2. The first-order valence-electron chi connectivity index (χ1n) is 12.2. The SMILES string of the molecule is CC(CNC(=O)C1N=CNC1(C(N)=O)c1ccc(NC(=O)c2ccc(F)cc2)cc1)N1CCN(C)CC1. The Bertz CT molecular complexity index is 1160. The number of piperazine rings is 1. The van der Waals surface area contributed by atoms with Crippen LogP contribution in [0.2, 0.25) is 0 Å². The van der Waals surface area contributed by atoms with E-state index in [1.807, 2.05) is 0 Å². The number of likely N-dealkylation sites (N-methyl/N-ethyl adjacent to an activating group) is 1. The van der Waals surface area contributed by atoms with E-state index < -0.39 is 35.1 Å². The molecule has 0 spiro atoms. The summed E-state index contributed by atoms with van der Waals surface area (Å²) in [6.07, 6.45) is 1.32. The van der Waals surface area contributed by atoms with Crippen molar-refractivity contribution in [3.8, 4) is 0 Å². The molecule has 2 aromatic rings. The number of hydrogen-bond donors (Lipinski definition) is 4. The van der Waals surface area contributed by atoms with Crippen molar-refractivity contribution in [1.29, 1.82) is 0 Å². The monoisotopic (exact) mass is 509 g/mol. The molecule has 2 heterocycles. The molecule has 37 heavy (non-hydrogen) atoms. The summed E-state index contributed by atoms with van der Waals surface area (Å²) in [5.74, 6) is -2.00. The second-order valence-electron chi connectivity index (χ2n) is 9.47. The number of amides is 3. The van der Waals surface area contributed by atoms with Gasteiger partial charge in [-0.25, -0.2) is 4.39 Å². The first-order chi connectivity index (χ1) is 17.7. The van der Waals surface area contributed by atoms with Crippen LogP contribution in [0.25, 0.3) is 0 Å². The molecule has 5 N–H and O–H groups in total. The lowest BCUT2D eigenvalue weighted by molar-refractivity contribution is -0.131. The number of benzene rings is 2. The van der Waals surface area contributed by atoms with Crippen molar-refractivity contribution in [2.45, 2.75) is 24.5 Å². The number of primary amides is 1. The number of rotatable bonds is 8. The summed E-state index contributed by atoms with van der Waals surface area (Å²) < 4.78 is 13.1. The first-order valence-corrected chi connectivity index (χ1v) is 12.2. The third-order valence-corrected chi connectivity index (χ3v) is 7.00. The zero-order chi connectivity index (χ0) is 26.6. The van der Waals surface area contributed by atoms with Gasteiger partial charge in [-0.3, -0.25) is 24.3 Å². The molecule has 10 nitrogen and oxygen atoms in total. The number of nitrogens with one attached hydrogen (secondary N) is 3. The number of anilines is 1. The third-order valence-electron chi connectivity index (χ3n) is 7.00. The Kier molecular flexibility index (Phi) is 7.84. The Morgan fingerprint density at radius 1 is 1.11 bits per heavy atom. The van der Waals surface area contributed by atoms with Crippen molar-refractivity contribution in [3.63, 3.8) is 0 Å². The van der Waals surface area contributed by atoms with E-state index in [0.717, 1.165) is 26.2 Å². The van der Waals surface area contributed by atoms with Crippen LogP contribution < -0.4 is 21.7 Å². The largest absolute Gasteiger partial charge is 0.367 e. The van der Waals surface area contributed by atoms with Gasteiger partial charge in [-0.05, 0) is 55.9 Å². The highest BCUT2D eigenvalue weighted by Gasteiger charge is 2.52. The van der Waals surface area contributed by atoms with Gasteiger partial charge in [-0.15, -0.1) is 0 Å². The zero-order valence-corrected chi connectivity index (χ0v) is 20.9. The quantitative estimate of drug-likeness (QED) is 0.410. The number of aliphatic imine (C=N–C) groups is 1. The van der Waals surface area contributed by atoms with E-state index >= 15 is 0 Å². The van der Waals surface area contributed by atoms with E-state index in [4.69, 9.17) is 5.73 Å². The lowest BCUT2D eigenvalue weighted by Crippen LogP contribution is -2.60. The number of nitrogens with two attached hydrogens (primary N) is 1. The van der Waals surface area contributed by atoms with Crippen molar-refractivity contribution in [1.82, 2.24) is 20.4 Å². The number of carbonyl (C=O) groups is 3. The molecule has 196 valence electrons. The topological polar surface area (TPSA) is 132 Å². The molecule has 0 bridgehead atoms. The fourth-order valence-electron chi connectivity index (χ4n) is 4.62. The van der Waals surface area contributed by atoms with Gasteiger partial charge in [0.15, 0.2) is 11.6 Å². The molecule has 3 atom stereocenters. The lowest BCUT2D eigenvalue weighted by Gasteiger charge is -2.37. The number of hydrogen-bond acceptors (Lipinski definition) is 7. The fraction of sp³-hybridized carbons (Fsp3) is 0.385. The van der Waals surface area contributed by atoms with Crippen LogP contribution in [0.4, 0.5) is 10.1 Å². The first kappa shape index (κ1) is 26.2. The van der Waals surface area contributed by atoms with Crippen LogP contribution in [-0.4, -0.2) is 85.7 Å². The van der Waals surface area contributed by atoms with Gasteiger partial charge >= 0.3 is 0 Å². The minimum Gasteiger partial charge on any atom is -0.367 e. The molecule has 0 saturated carbocycles. The van der Waals surface area contributed by atoms with Crippen molar-refractivity contribution in [2.24, 2.45) is 10.7 Å². The van der Waals surface area contributed by atoms with E-state index in [2.05, 4.69) is 44.7 Å². The minimum atomic E-state index is -1.57. The molecule has 0 aliphatic carbocycles. The van der Waals surface area contributed by atoms with Gasteiger partial charge in [-0.1, -0.05) is 12.1 Å². The highest BCUT2D eigenvalue weighted by molar-refractivity contribution is 6.04.